The van der Waals surface area contributed by atoms with Crippen molar-refractivity contribution < 1.29 is 8.91 Å². The van der Waals surface area contributed by atoms with Gasteiger partial charge in [-0.3, -0.25) is 0 Å². The van der Waals surface area contributed by atoms with Crippen LogP contribution in [0.15, 0.2) is 28.8 Å². The Bertz CT molecular complexity index is 536. The van der Waals surface area contributed by atoms with Crippen LogP contribution in [0.4, 0.5) is 4.39 Å². The molecule has 1 unspecified atom stereocenters. The highest BCUT2D eigenvalue weighted by Gasteiger charge is 2.15. The molecule has 0 saturated heterocycles. The Labute approximate surface area is 106 Å². The molecule has 0 spiro atoms. The van der Waals surface area contributed by atoms with Gasteiger partial charge in [0.2, 0.25) is 0 Å². The second-order valence-corrected chi connectivity index (χ2v) is 4.49. The van der Waals surface area contributed by atoms with Crippen LogP contribution in [-0.4, -0.2) is 5.16 Å². The number of rotatable bonds is 4. The third-order valence-electron chi connectivity index (χ3n) is 2.89. The minimum Gasteiger partial charge on any atom is -0.359 e. The van der Waals surface area contributed by atoms with E-state index in [1.165, 1.54) is 6.07 Å². The van der Waals surface area contributed by atoms with Gasteiger partial charge in [-0.15, -0.1) is 0 Å². The molecule has 1 atom stereocenters. The minimum atomic E-state index is -0.301. The van der Waals surface area contributed by atoms with E-state index < -0.39 is 0 Å². The fourth-order valence-electron chi connectivity index (χ4n) is 1.88. The van der Waals surface area contributed by atoms with Gasteiger partial charge in [-0.2, -0.15) is 0 Å². The van der Waals surface area contributed by atoms with Gasteiger partial charge in [0.15, 0.2) is 5.76 Å². The number of hydrogen-bond acceptors (Lipinski definition) is 3. The fraction of sp³-hybridized carbons (Fsp3) is 0.357. The lowest BCUT2D eigenvalue weighted by molar-refractivity contribution is 0.356. The summed E-state index contributed by atoms with van der Waals surface area (Å²) in [6.45, 7) is 3.96. The van der Waals surface area contributed by atoms with E-state index in [9.17, 15) is 4.39 Å². The van der Waals surface area contributed by atoms with Crippen molar-refractivity contribution in [1.29, 1.82) is 0 Å². The third-order valence-corrected chi connectivity index (χ3v) is 2.89. The van der Waals surface area contributed by atoms with Crippen LogP contribution in [0.2, 0.25) is 0 Å². The SMILES string of the molecule is CCCC(N)c1cc(-c2cc(C)ccc2F)no1. The standard InChI is InChI=1S/C14H17FN2O/c1-3-4-12(16)14-8-13(17-18-14)10-7-9(2)5-6-11(10)15/h5-8,12H,3-4,16H2,1-2H3. The van der Waals surface area contributed by atoms with Crippen molar-refractivity contribution in [2.75, 3.05) is 0 Å². The van der Waals surface area contributed by atoms with Gasteiger partial charge in [0, 0.05) is 11.6 Å². The summed E-state index contributed by atoms with van der Waals surface area (Å²) >= 11 is 0. The van der Waals surface area contributed by atoms with Crippen molar-refractivity contribution >= 4 is 0 Å². The van der Waals surface area contributed by atoms with Crippen LogP contribution < -0.4 is 5.73 Å². The molecule has 4 heteroatoms. The number of hydrogen-bond donors (Lipinski definition) is 1. The maximum Gasteiger partial charge on any atom is 0.154 e. The van der Waals surface area contributed by atoms with Crippen LogP contribution in [0.1, 0.15) is 37.1 Å². The van der Waals surface area contributed by atoms with Crippen LogP contribution in [0.25, 0.3) is 11.3 Å². The molecule has 18 heavy (non-hydrogen) atoms. The summed E-state index contributed by atoms with van der Waals surface area (Å²) in [7, 11) is 0. The summed E-state index contributed by atoms with van der Waals surface area (Å²) in [5, 5.41) is 3.90. The Balaban J connectivity index is 2.32. The maximum atomic E-state index is 13.7. The third kappa shape index (κ3) is 2.59. The molecule has 96 valence electrons. The molecule has 0 radical (unpaired) electrons. The first-order valence-electron chi connectivity index (χ1n) is 6.10. The molecule has 0 bridgehead atoms. The first-order valence-corrected chi connectivity index (χ1v) is 6.10. The quantitative estimate of drug-likeness (QED) is 0.899. The molecule has 2 aromatic rings. The van der Waals surface area contributed by atoms with Crippen LogP contribution >= 0.6 is 0 Å². The van der Waals surface area contributed by atoms with Gasteiger partial charge >= 0.3 is 0 Å². The largest absolute Gasteiger partial charge is 0.359 e. The lowest BCUT2D eigenvalue weighted by Crippen LogP contribution is -2.08. The molecule has 2 rings (SSSR count). The number of benzene rings is 1. The van der Waals surface area contributed by atoms with E-state index >= 15 is 0 Å². The second-order valence-electron chi connectivity index (χ2n) is 4.49. The topological polar surface area (TPSA) is 52.0 Å². The van der Waals surface area contributed by atoms with Gasteiger partial charge in [0.05, 0.1) is 6.04 Å². The predicted octanol–water partition coefficient (Wildman–Crippen LogP) is 3.59. The van der Waals surface area contributed by atoms with Crippen molar-refractivity contribution in [2.45, 2.75) is 32.7 Å². The minimum absolute atomic E-state index is 0.177. The van der Waals surface area contributed by atoms with Crippen molar-refractivity contribution in [3.8, 4) is 11.3 Å². The van der Waals surface area contributed by atoms with Crippen LogP contribution in [0, 0.1) is 12.7 Å². The van der Waals surface area contributed by atoms with Crippen molar-refractivity contribution in [3.63, 3.8) is 0 Å². The fourth-order valence-corrected chi connectivity index (χ4v) is 1.88. The monoisotopic (exact) mass is 248 g/mol. The van der Waals surface area contributed by atoms with Gasteiger partial charge in [-0.1, -0.05) is 30.1 Å². The zero-order valence-corrected chi connectivity index (χ0v) is 10.6. The van der Waals surface area contributed by atoms with Crippen LogP contribution in [0.3, 0.4) is 0 Å². The second kappa shape index (κ2) is 5.31. The molecule has 2 N–H and O–H groups in total. The Morgan fingerprint density at radius 3 is 2.89 bits per heavy atom. The molecule has 0 saturated carbocycles. The average molecular weight is 248 g/mol. The van der Waals surface area contributed by atoms with Crippen LogP contribution in [0.5, 0.6) is 0 Å². The first kappa shape index (κ1) is 12.8. The molecular formula is C14H17FN2O. The summed E-state index contributed by atoms with van der Waals surface area (Å²) in [5.41, 5.74) is 7.87. The number of nitrogens with zero attached hydrogens (tertiary/aromatic N) is 1. The number of nitrogens with two attached hydrogens (primary N) is 1. The zero-order valence-electron chi connectivity index (χ0n) is 10.6. The predicted molar refractivity (Wildman–Crippen MR) is 68.5 cm³/mol. The van der Waals surface area contributed by atoms with Crippen molar-refractivity contribution in [2.24, 2.45) is 5.73 Å². The number of halogens is 1. The van der Waals surface area contributed by atoms with Gasteiger partial charge in [-0.25, -0.2) is 4.39 Å². The van der Waals surface area contributed by atoms with E-state index in [0.29, 0.717) is 17.0 Å². The Morgan fingerprint density at radius 1 is 1.39 bits per heavy atom. The van der Waals surface area contributed by atoms with Crippen molar-refractivity contribution in [3.05, 3.63) is 41.4 Å². The molecule has 0 aliphatic rings. The Kier molecular flexibility index (Phi) is 3.77. The normalized spacial score (nSPS) is 12.7. The Morgan fingerprint density at radius 2 is 2.17 bits per heavy atom. The number of aromatic nitrogens is 1. The molecule has 0 aliphatic carbocycles. The lowest BCUT2D eigenvalue weighted by atomic mass is 10.1. The molecule has 1 aromatic carbocycles. The van der Waals surface area contributed by atoms with E-state index in [-0.39, 0.29) is 11.9 Å². The summed E-state index contributed by atoms with van der Waals surface area (Å²) in [6, 6.07) is 6.46. The highest BCUT2D eigenvalue weighted by molar-refractivity contribution is 5.60. The highest BCUT2D eigenvalue weighted by Crippen LogP contribution is 2.26. The van der Waals surface area contributed by atoms with E-state index in [2.05, 4.69) is 12.1 Å². The summed E-state index contributed by atoms with van der Waals surface area (Å²) < 4.78 is 18.9. The molecular weight excluding hydrogens is 231 g/mol. The smallest absolute Gasteiger partial charge is 0.154 e. The highest BCUT2D eigenvalue weighted by atomic mass is 19.1. The number of aryl methyl sites for hydroxylation is 1. The molecule has 3 nitrogen and oxygen atoms in total. The van der Waals surface area contributed by atoms with Gasteiger partial charge in [0.1, 0.15) is 11.5 Å². The van der Waals surface area contributed by atoms with Gasteiger partial charge in [0.25, 0.3) is 0 Å². The molecule has 0 aliphatic heterocycles. The van der Waals surface area contributed by atoms with Gasteiger partial charge in [-0.05, 0) is 25.5 Å². The summed E-state index contributed by atoms with van der Waals surface area (Å²) in [5.74, 6) is 0.303. The average Bonchev–Trinajstić information content (AvgIpc) is 2.82. The molecule has 0 fully saturated rings. The summed E-state index contributed by atoms with van der Waals surface area (Å²) in [6.07, 6.45) is 1.79. The molecule has 0 amide bonds. The van der Waals surface area contributed by atoms with Crippen LogP contribution in [-0.2, 0) is 0 Å². The lowest BCUT2D eigenvalue weighted by Gasteiger charge is -2.03. The molecule has 1 heterocycles. The summed E-state index contributed by atoms with van der Waals surface area (Å²) in [4.78, 5) is 0. The zero-order chi connectivity index (χ0) is 13.1. The first-order chi connectivity index (χ1) is 8.61. The van der Waals surface area contributed by atoms with E-state index in [1.54, 1.807) is 18.2 Å². The van der Waals surface area contributed by atoms with Crippen molar-refractivity contribution in [1.82, 2.24) is 5.16 Å². The Hall–Kier alpha value is -1.68. The van der Waals surface area contributed by atoms with E-state index in [4.69, 9.17) is 10.3 Å². The van der Waals surface area contributed by atoms with E-state index in [0.717, 1.165) is 18.4 Å². The van der Waals surface area contributed by atoms with E-state index in [1.807, 2.05) is 6.92 Å². The van der Waals surface area contributed by atoms with Gasteiger partial charge < -0.3 is 10.3 Å². The maximum absolute atomic E-state index is 13.7. The molecule has 1 aromatic heterocycles.